The van der Waals surface area contributed by atoms with Gasteiger partial charge in [-0.2, -0.15) is 9.61 Å². The number of carbonyl (C=O) groups excluding carboxylic acids is 1. The van der Waals surface area contributed by atoms with Crippen LogP contribution in [0.3, 0.4) is 0 Å². The molecule has 208 valence electrons. The molecule has 5 aromatic rings. The molecule has 2 aliphatic heterocycles. The minimum absolute atomic E-state index is 0.00422. The van der Waals surface area contributed by atoms with Crippen molar-refractivity contribution in [2.45, 2.75) is 48.6 Å². The third-order valence-corrected chi connectivity index (χ3v) is 9.32. The zero-order valence-corrected chi connectivity index (χ0v) is 23.0. The van der Waals surface area contributed by atoms with Crippen LogP contribution in [0.4, 0.5) is 5.82 Å². The number of nitrogens with one attached hydrogen (secondary N) is 1. The number of fused-ring (bicyclic) bond motifs is 3. The standard InChI is InChI=1S/C28H27N9O3S/c1-41(39,40)24-23(18-12-19-9-10-20(13-18)36(19)28(38)26-31-15-32-35-26)34-27-21(14-33-37(27)25(24)29)16-5-7-17(8-6-16)22-4-2-3-11-30-22/h2-8,11,14-15,18-20H,9-10,12-13,29H2,1H3,(H,31,32,35)/t18-,19-,20+. The predicted octanol–water partition coefficient (Wildman–Crippen LogP) is 3.11. The van der Waals surface area contributed by atoms with E-state index >= 15 is 0 Å². The number of amides is 1. The molecular formula is C28H27N9O3S. The molecule has 1 amide bonds. The third kappa shape index (κ3) is 4.24. The number of rotatable bonds is 5. The Morgan fingerprint density at radius 3 is 2.41 bits per heavy atom. The van der Waals surface area contributed by atoms with Crippen LogP contribution in [0.15, 0.2) is 66.1 Å². The lowest BCUT2D eigenvalue weighted by Gasteiger charge is -2.38. The second kappa shape index (κ2) is 9.47. The summed E-state index contributed by atoms with van der Waals surface area (Å²) in [6.07, 6.45) is 8.75. The fourth-order valence-electron chi connectivity index (χ4n) is 6.40. The van der Waals surface area contributed by atoms with Gasteiger partial charge in [-0.15, -0.1) is 10.2 Å². The van der Waals surface area contributed by atoms with E-state index in [0.29, 0.717) is 24.2 Å². The van der Waals surface area contributed by atoms with Gasteiger partial charge < -0.3 is 15.6 Å². The lowest BCUT2D eigenvalue weighted by Crippen LogP contribution is -2.46. The molecule has 7 rings (SSSR count). The van der Waals surface area contributed by atoms with Crippen molar-refractivity contribution in [2.24, 2.45) is 0 Å². The molecule has 12 nitrogen and oxygen atoms in total. The fourth-order valence-corrected chi connectivity index (χ4v) is 7.46. The normalized spacial score (nSPS) is 20.5. The smallest absolute Gasteiger partial charge is 0.292 e. The molecule has 13 heteroatoms. The molecule has 0 unspecified atom stereocenters. The molecular weight excluding hydrogens is 542 g/mol. The number of hydrogen-bond acceptors (Lipinski definition) is 9. The van der Waals surface area contributed by atoms with E-state index in [1.54, 1.807) is 12.4 Å². The Bertz CT molecular complexity index is 1860. The third-order valence-electron chi connectivity index (χ3n) is 8.16. The number of nitrogen functional groups attached to an aromatic ring is 1. The number of sulfone groups is 1. The van der Waals surface area contributed by atoms with Crippen molar-refractivity contribution in [3.8, 4) is 22.4 Å². The number of aromatic nitrogens is 7. The number of aromatic amines is 1. The van der Waals surface area contributed by atoms with Crippen molar-refractivity contribution in [3.05, 3.63) is 72.7 Å². The van der Waals surface area contributed by atoms with Crippen LogP contribution in [0.2, 0.25) is 0 Å². The monoisotopic (exact) mass is 569 g/mol. The van der Waals surface area contributed by atoms with Crippen LogP contribution < -0.4 is 5.73 Å². The van der Waals surface area contributed by atoms with Gasteiger partial charge in [0.2, 0.25) is 5.82 Å². The minimum Gasteiger partial charge on any atom is -0.382 e. The Morgan fingerprint density at radius 1 is 1.05 bits per heavy atom. The molecule has 6 heterocycles. The van der Waals surface area contributed by atoms with E-state index in [4.69, 9.17) is 10.7 Å². The summed E-state index contributed by atoms with van der Waals surface area (Å²) < 4.78 is 27.5. The Balaban J connectivity index is 1.29. The summed E-state index contributed by atoms with van der Waals surface area (Å²) in [5.74, 6) is -0.139. The van der Waals surface area contributed by atoms with Crippen LogP contribution in [-0.4, -0.2) is 72.3 Å². The van der Waals surface area contributed by atoms with Gasteiger partial charge in [-0.1, -0.05) is 30.3 Å². The predicted molar refractivity (Wildman–Crippen MR) is 151 cm³/mol. The summed E-state index contributed by atoms with van der Waals surface area (Å²) in [6.45, 7) is 0. The van der Waals surface area contributed by atoms with E-state index in [9.17, 15) is 13.2 Å². The number of pyridine rings is 1. The van der Waals surface area contributed by atoms with E-state index in [0.717, 1.165) is 41.5 Å². The van der Waals surface area contributed by atoms with Gasteiger partial charge in [-0.05, 0) is 43.4 Å². The number of nitrogens with two attached hydrogens (primary N) is 1. The highest BCUT2D eigenvalue weighted by Crippen LogP contribution is 2.45. The summed E-state index contributed by atoms with van der Waals surface area (Å²) in [5.41, 5.74) is 10.9. The zero-order valence-electron chi connectivity index (χ0n) is 22.2. The number of benzene rings is 1. The first kappa shape index (κ1) is 25.3. The highest BCUT2D eigenvalue weighted by Gasteiger charge is 2.46. The highest BCUT2D eigenvalue weighted by atomic mass is 32.2. The molecule has 2 bridgehead atoms. The molecule has 2 saturated heterocycles. The van der Waals surface area contributed by atoms with Crippen LogP contribution in [0.25, 0.3) is 28.0 Å². The first-order chi connectivity index (χ1) is 19.8. The molecule has 3 N–H and O–H groups in total. The first-order valence-corrected chi connectivity index (χ1v) is 15.3. The molecule has 2 aliphatic rings. The molecule has 0 spiro atoms. The highest BCUT2D eigenvalue weighted by molar-refractivity contribution is 7.91. The van der Waals surface area contributed by atoms with Crippen LogP contribution in [-0.2, 0) is 9.84 Å². The van der Waals surface area contributed by atoms with Gasteiger partial charge in [-0.3, -0.25) is 9.78 Å². The van der Waals surface area contributed by atoms with Crippen LogP contribution >= 0.6 is 0 Å². The quantitative estimate of drug-likeness (QED) is 0.323. The number of piperidine rings is 1. The maximum Gasteiger partial charge on any atom is 0.292 e. The van der Waals surface area contributed by atoms with E-state index in [1.165, 1.54) is 10.8 Å². The topological polar surface area (TPSA) is 165 Å². The van der Waals surface area contributed by atoms with Crippen LogP contribution in [0, 0.1) is 0 Å². The van der Waals surface area contributed by atoms with Crippen molar-refractivity contribution in [1.29, 1.82) is 0 Å². The summed E-state index contributed by atoms with van der Waals surface area (Å²) in [7, 11) is -3.74. The first-order valence-electron chi connectivity index (χ1n) is 13.4. The molecule has 0 aliphatic carbocycles. The lowest BCUT2D eigenvalue weighted by molar-refractivity contribution is 0.0556. The second-order valence-corrected chi connectivity index (χ2v) is 12.6. The van der Waals surface area contributed by atoms with Crippen LogP contribution in [0.1, 0.15) is 47.9 Å². The van der Waals surface area contributed by atoms with E-state index in [2.05, 4.69) is 25.3 Å². The number of anilines is 1. The van der Waals surface area contributed by atoms with Gasteiger partial charge in [0.15, 0.2) is 15.5 Å². The number of carbonyl (C=O) groups is 1. The van der Waals surface area contributed by atoms with Crippen molar-refractivity contribution in [3.63, 3.8) is 0 Å². The zero-order chi connectivity index (χ0) is 28.3. The lowest BCUT2D eigenvalue weighted by atomic mass is 9.87. The molecule has 0 radical (unpaired) electrons. The average molecular weight is 570 g/mol. The molecule has 4 aromatic heterocycles. The molecule has 41 heavy (non-hydrogen) atoms. The Kier molecular flexibility index (Phi) is 5.85. The van der Waals surface area contributed by atoms with Gasteiger partial charge in [0.25, 0.3) is 5.91 Å². The SMILES string of the molecule is CS(=O)(=O)c1c([C@@H]2C[C@H]3CC[C@@H](C2)N3C(=O)c2nnc[nH]2)nc2c(-c3ccc(-c4ccccn4)cc3)cnn2c1N. The van der Waals surface area contributed by atoms with E-state index in [-0.39, 0.29) is 40.4 Å². The molecule has 0 saturated carbocycles. The number of hydrogen-bond donors (Lipinski definition) is 2. The Morgan fingerprint density at radius 2 is 1.78 bits per heavy atom. The summed E-state index contributed by atoms with van der Waals surface area (Å²) >= 11 is 0. The Labute approximate surface area is 235 Å². The molecule has 1 aromatic carbocycles. The summed E-state index contributed by atoms with van der Waals surface area (Å²) in [4.78, 5) is 27.2. The van der Waals surface area contributed by atoms with Gasteiger partial charge >= 0.3 is 0 Å². The van der Waals surface area contributed by atoms with Crippen molar-refractivity contribution < 1.29 is 13.2 Å². The van der Waals surface area contributed by atoms with Crippen LogP contribution in [0.5, 0.6) is 0 Å². The Hall–Kier alpha value is -4.65. The number of nitrogens with zero attached hydrogens (tertiary/aromatic N) is 7. The van der Waals surface area contributed by atoms with Gasteiger partial charge in [-0.25, -0.2) is 13.4 Å². The largest absolute Gasteiger partial charge is 0.382 e. The second-order valence-electron chi connectivity index (χ2n) is 10.7. The van der Waals surface area contributed by atoms with Gasteiger partial charge in [0.1, 0.15) is 17.0 Å². The summed E-state index contributed by atoms with van der Waals surface area (Å²) in [6, 6.07) is 13.5. The van der Waals surface area contributed by atoms with Crippen molar-refractivity contribution in [1.82, 2.24) is 39.7 Å². The van der Waals surface area contributed by atoms with E-state index in [1.807, 2.05) is 47.4 Å². The van der Waals surface area contributed by atoms with Gasteiger partial charge in [0.05, 0.1) is 17.6 Å². The molecule has 3 atom stereocenters. The van der Waals surface area contributed by atoms with Crippen molar-refractivity contribution in [2.75, 3.05) is 12.0 Å². The van der Waals surface area contributed by atoms with Crippen molar-refractivity contribution >= 4 is 27.2 Å². The fraction of sp³-hybridized carbons (Fsp3) is 0.286. The molecule has 2 fully saturated rings. The maximum atomic E-state index is 13.1. The maximum absolute atomic E-state index is 13.1. The van der Waals surface area contributed by atoms with E-state index < -0.39 is 9.84 Å². The van der Waals surface area contributed by atoms with Gasteiger partial charge in [0, 0.05) is 41.6 Å². The average Bonchev–Trinajstić information content (AvgIpc) is 3.71. The minimum atomic E-state index is -3.74. The summed E-state index contributed by atoms with van der Waals surface area (Å²) in [5, 5.41) is 12.1. The number of H-pyrrole nitrogens is 1.